The van der Waals surface area contributed by atoms with Crippen molar-refractivity contribution >= 4 is 5.91 Å². The topological polar surface area (TPSA) is 70.4 Å². The van der Waals surface area contributed by atoms with Gasteiger partial charge in [-0.15, -0.1) is 0 Å². The summed E-state index contributed by atoms with van der Waals surface area (Å²) in [7, 11) is 0. The van der Waals surface area contributed by atoms with Crippen LogP contribution in [-0.2, 0) is 26.1 Å². The first-order valence-electron chi connectivity index (χ1n) is 10.5. The van der Waals surface area contributed by atoms with Crippen LogP contribution in [0.2, 0.25) is 0 Å². The average molecular weight is 405 g/mol. The summed E-state index contributed by atoms with van der Waals surface area (Å²) < 4.78 is 1.80. The number of aromatic nitrogens is 2. The maximum atomic E-state index is 13.1. The van der Waals surface area contributed by atoms with E-state index in [-0.39, 0.29) is 18.6 Å². The van der Waals surface area contributed by atoms with Gasteiger partial charge >= 0.3 is 0 Å². The van der Waals surface area contributed by atoms with Gasteiger partial charge in [-0.25, -0.2) is 0 Å². The Balaban J connectivity index is 1.55. The summed E-state index contributed by atoms with van der Waals surface area (Å²) in [5.74, 6) is -0.166. The largest absolute Gasteiger partial charge is 0.394 e. The van der Waals surface area contributed by atoms with E-state index in [1.165, 1.54) is 5.56 Å². The normalized spacial score (nSPS) is 14.9. The van der Waals surface area contributed by atoms with E-state index in [1.807, 2.05) is 55.5 Å². The molecule has 0 radical (unpaired) electrons. The highest BCUT2D eigenvalue weighted by Gasteiger charge is 2.28. The number of nitrogens with one attached hydrogen (secondary N) is 1. The quantitative estimate of drug-likeness (QED) is 0.635. The Morgan fingerprint density at radius 2 is 1.83 bits per heavy atom. The molecule has 156 valence electrons. The molecular weight excluding hydrogens is 376 g/mol. The van der Waals surface area contributed by atoms with Crippen LogP contribution < -0.4 is 5.32 Å². The summed E-state index contributed by atoms with van der Waals surface area (Å²) in [5, 5.41) is 17.1. The van der Waals surface area contributed by atoms with Crippen LogP contribution >= 0.6 is 0 Å². The van der Waals surface area contributed by atoms with Gasteiger partial charge in [0.05, 0.1) is 19.2 Å². The minimum Gasteiger partial charge on any atom is -0.394 e. The van der Waals surface area contributed by atoms with Crippen LogP contribution in [0.15, 0.2) is 60.7 Å². The zero-order valence-corrected chi connectivity index (χ0v) is 17.3. The monoisotopic (exact) mass is 404 g/mol. The molecule has 0 fully saturated rings. The number of aliphatic hydroxyl groups excluding tert-OH is 1. The lowest BCUT2D eigenvalue weighted by Crippen LogP contribution is -2.33. The zero-order valence-electron chi connectivity index (χ0n) is 17.3. The number of nitrogens with zero attached hydrogens (tertiary/aromatic N) is 3. The molecule has 1 aromatic heterocycles. The summed E-state index contributed by atoms with van der Waals surface area (Å²) in [6.07, 6.45) is 0.816. The highest BCUT2D eigenvalue weighted by molar-refractivity contribution is 5.94. The van der Waals surface area contributed by atoms with Crippen LogP contribution in [-0.4, -0.2) is 38.8 Å². The van der Waals surface area contributed by atoms with Crippen molar-refractivity contribution in [2.75, 3.05) is 13.2 Å². The third kappa shape index (κ3) is 4.45. The Kier molecular flexibility index (Phi) is 6.26. The smallest absolute Gasteiger partial charge is 0.272 e. The lowest BCUT2D eigenvalue weighted by molar-refractivity contribution is 0.0931. The van der Waals surface area contributed by atoms with Crippen molar-refractivity contribution in [3.63, 3.8) is 0 Å². The Bertz CT molecular complexity index is 985. The highest BCUT2D eigenvalue weighted by atomic mass is 16.3. The third-order valence-electron chi connectivity index (χ3n) is 5.64. The first-order chi connectivity index (χ1) is 14.7. The molecule has 0 bridgehead atoms. The Morgan fingerprint density at radius 3 is 2.53 bits per heavy atom. The van der Waals surface area contributed by atoms with Gasteiger partial charge in [0.1, 0.15) is 0 Å². The predicted octanol–water partition coefficient (Wildman–Crippen LogP) is 2.92. The Labute approximate surface area is 177 Å². The van der Waals surface area contributed by atoms with Crippen molar-refractivity contribution in [3.05, 3.63) is 88.7 Å². The van der Waals surface area contributed by atoms with Crippen LogP contribution in [0.4, 0.5) is 0 Å². The number of benzene rings is 2. The Hall–Kier alpha value is -2.96. The predicted molar refractivity (Wildman–Crippen MR) is 116 cm³/mol. The number of amides is 1. The number of aliphatic hydroxyl groups is 1. The molecule has 1 aliphatic rings. The Morgan fingerprint density at radius 1 is 1.13 bits per heavy atom. The van der Waals surface area contributed by atoms with E-state index in [2.05, 4.69) is 27.4 Å². The number of fused-ring (bicyclic) bond motifs is 1. The van der Waals surface area contributed by atoms with Gasteiger partial charge in [-0.2, -0.15) is 5.10 Å². The van der Waals surface area contributed by atoms with Crippen molar-refractivity contribution in [1.82, 2.24) is 20.0 Å². The molecule has 2 heterocycles. The first-order valence-corrected chi connectivity index (χ1v) is 10.5. The molecular formula is C24H28N4O2. The third-order valence-corrected chi connectivity index (χ3v) is 5.64. The SMILES string of the molecule is CC(NC(=O)c1nn(CCO)c2c1CN(Cc1ccccc1)CC2)c1ccccc1. The van der Waals surface area contributed by atoms with Crippen molar-refractivity contribution in [1.29, 1.82) is 0 Å². The second-order valence-corrected chi connectivity index (χ2v) is 7.77. The van der Waals surface area contributed by atoms with Crippen LogP contribution in [0.1, 0.15) is 45.8 Å². The van der Waals surface area contributed by atoms with Gasteiger partial charge in [0, 0.05) is 37.3 Å². The van der Waals surface area contributed by atoms with E-state index < -0.39 is 0 Å². The minimum absolute atomic E-state index is 0.00330. The second-order valence-electron chi connectivity index (χ2n) is 7.77. The number of hydrogen-bond donors (Lipinski definition) is 2. The van der Waals surface area contributed by atoms with E-state index in [4.69, 9.17) is 0 Å². The van der Waals surface area contributed by atoms with Gasteiger partial charge in [-0.05, 0) is 18.1 Å². The minimum atomic E-state index is -0.166. The molecule has 6 heteroatoms. The number of hydrogen-bond acceptors (Lipinski definition) is 4. The molecule has 30 heavy (non-hydrogen) atoms. The lowest BCUT2D eigenvalue weighted by Gasteiger charge is -2.27. The van der Waals surface area contributed by atoms with Gasteiger partial charge in [0.25, 0.3) is 5.91 Å². The van der Waals surface area contributed by atoms with E-state index in [0.29, 0.717) is 18.8 Å². The molecule has 1 amide bonds. The van der Waals surface area contributed by atoms with Crippen LogP contribution in [0.3, 0.4) is 0 Å². The molecule has 4 rings (SSSR count). The van der Waals surface area contributed by atoms with Gasteiger partial charge in [0.15, 0.2) is 5.69 Å². The number of rotatable bonds is 7. The molecule has 6 nitrogen and oxygen atoms in total. The first kappa shape index (κ1) is 20.3. The van der Waals surface area contributed by atoms with Crippen molar-refractivity contribution < 1.29 is 9.90 Å². The van der Waals surface area contributed by atoms with E-state index in [9.17, 15) is 9.90 Å². The fraction of sp³-hybridized carbons (Fsp3) is 0.333. The summed E-state index contributed by atoms with van der Waals surface area (Å²) in [6.45, 7) is 4.81. The summed E-state index contributed by atoms with van der Waals surface area (Å²) in [5.41, 5.74) is 4.82. The molecule has 3 aromatic rings. The summed E-state index contributed by atoms with van der Waals surface area (Å²) >= 11 is 0. The number of carbonyl (C=O) groups is 1. The molecule has 0 saturated carbocycles. The second kappa shape index (κ2) is 9.24. The van der Waals surface area contributed by atoms with Gasteiger partial charge in [-0.1, -0.05) is 60.7 Å². The van der Waals surface area contributed by atoms with Crippen LogP contribution in [0.5, 0.6) is 0 Å². The van der Waals surface area contributed by atoms with Crippen LogP contribution in [0, 0.1) is 0 Å². The summed E-state index contributed by atoms with van der Waals surface area (Å²) in [4.78, 5) is 15.5. The van der Waals surface area contributed by atoms with E-state index in [0.717, 1.165) is 36.3 Å². The molecule has 1 aliphatic heterocycles. The fourth-order valence-electron chi connectivity index (χ4n) is 4.08. The zero-order chi connectivity index (χ0) is 20.9. The lowest BCUT2D eigenvalue weighted by atomic mass is 10.0. The molecule has 2 aromatic carbocycles. The molecule has 1 atom stereocenters. The van der Waals surface area contributed by atoms with E-state index >= 15 is 0 Å². The fourth-order valence-corrected chi connectivity index (χ4v) is 4.08. The molecule has 2 N–H and O–H groups in total. The molecule has 0 aliphatic carbocycles. The van der Waals surface area contributed by atoms with Crippen LogP contribution in [0.25, 0.3) is 0 Å². The average Bonchev–Trinajstić information content (AvgIpc) is 3.13. The van der Waals surface area contributed by atoms with Crippen molar-refractivity contribution in [2.45, 2.75) is 39.0 Å². The van der Waals surface area contributed by atoms with E-state index in [1.54, 1.807) is 4.68 Å². The molecule has 0 saturated heterocycles. The van der Waals surface area contributed by atoms with Gasteiger partial charge in [-0.3, -0.25) is 14.4 Å². The number of carbonyl (C=O) groups excluding carboxylic acids is 1. The van der Waals surface area contributed by atoms with Crippen molar-refractivity contribution in [3.8, 4) is 0 Å². The molecule has 0 spiro atoms. The molecule has 1 unspecified atom stereocenters. The van der Waals surface area contributed by atoms with Crippen molar-refractivity contribution in [2.24, 2.45) is 0 Å². The van der Waals surface area contributed by atoms with Gasteiger partial charge < -0.3 is 10.4 Å². The standard InChI is InChI=1S/C24H28N4O2/c1-18(20-10-6-3-7-11-20)25-24(30)23-21-17-27(16-19-8-4-2-5-9-19)13-12-22(21)28(26-23)14-15-29/h2-11,18,29H,12-17H2,1H3,(H,25,30). The maximum Gasteiger partial charge on any atom is 0.272 e. The maximum absolute atomic E-state index is 13.1. The summed E-state index contributed by atoms with van der Waals surface area (Å²) in [6, 6.07) is 20.2. The highest BCUT2D eigenvalue weighted by Crippen LogP contribution is 2.25. The van der Waals surface area contributed by atoms with Gasteiger partial charge in [0.2, 0.25) is 0 Å².